The lowest BCUT2D eigenvalue weighted by atomic mass is 10.2. The molecule has 18 heavy (non-hydrogen) atoms. The van der Waals surface area contributed by atoms with E-state index < -0.39 is 0 Å². The number of pyridine rings is 1. The Hall–Kier alpha value is -2.15. The van der Waals surface area contributed by atoms with Crippen molar-refractivity contribution < 1.29 is 10.0 Å². The fourth-order valence-corrected chi connectivity index (χ4v) is 1.43. The molecule has 1 rings (SSSR count). The first-order valence-electron chi connectivity index (χ1n) is 5.58. The number of nitrogens with two attached hydrogens (primary N) is 1. The van der Waals surface area contributed by atoms with Crippen molar-refractivity contribution in [3.05, 3.63) is 29.6 Å². The summed E-state index contributed by atoms with van der Waals surface area (Å²) >= 11 is 0. The van der Waals surface area contributed by atoms with E-state index in [1.165, 1.54) is 0 Å². The van der Waals surface area contributed by atoms with Gasteiger partial charge in [0.15, 0.2) is 5.84 Å². The molecule has 1 aromatic rings. The summed E-state index contributed by atoms with van der Waals surface area (Å²) in [5.74, 6) is -0.128. The van der Waals surface area contributed by atoms with E-state index in [2.05, 4.69) is 20.8 Å². The monoisotopic (exact) mass is 251 g/mol. The number of hydrogen-bond donors (Lipinski definition) is 4. The van der Waals surface area contributed by atoms with Crippen molar-refractivity contribution in [2.45, 2.75) is 13.5 Å². The summed E-state index contributed by atoms with van der Waals surface area (Å²) in [7, 11) is 0. The largest absolute Gasteiger partial charge is 0.409 e. The molecule has 0 radical (unpaired) electrons. The molecule has 1 heterocycles. The van der Waals surface area contributed by atoms with Gasteiger partial charge in [-0.15, -0.1) is 0 Å². The Kier molecular flexibility index (Phi) is 5.59. The maximum absolute atomic E-state index is 11.2. The van der Waals surface area contributed by atoms with Gasteiger partial charge in [0.25, 0.3) is 0 Å². The zero-order chi connectivity index (χ0) is 13.4. The molecule has 0 bridgehead atoms. The smallest absolute Gasteiger partial charge is 0.233 e. The summed E-state index contributed by atoms with van der Waals surface area (Å²) in [5.41, 5.74) is 6.67. The van der Waals surface area contributed by atoms with Crippen molar-refractivity contribution in [3.63, 3.8) is 0 Å². The molecule has 0 aliphatic heterocycles. The number of nitrogens with one attached hydrogen (secondary N) is 2. The lowest BCUT2D eigenvalue weighted by molar-refractivity contribution is -0.120. The molecule has 0 atom stereocenters. The Labute approximate surface area is 105 Å². The number of hydrogen-bond acceptors (Lipinski definition) is 5. The average Bonchev–Trinajstić information content (AvgIpc) is 2.39. The predicted octanol–water partition coefficient (Wildman–Crippen LogP) is -0.598. The SMILES string of the molecule is CCNC(=O)CNCc1cccnc1C(N)=NO. The number of amides is 1. The molecule has 98 valence electrons. The Morgan fingerprint density at radius 2 is 2.39 bits per heavy atom. The van der Waals surface area contributed by atoms with E-state index in [0.717, 1.165) is 5.56 Å². The molecule has 0 aliphatic rings. The molecule has 7 heteroatoms. The summed E-state index contributed by atoms with van der Waals surface area (Å²) in [6.07, 6.45) is 1.56. The van der Waals surface area contributed by atoms with Gasteiger partial charge in [0.2, 0.25) is 5.91 Å². The van der Waals surface area contributed by atoms with Gasteiger partial charge in [0.05, 0.1) is 6.54 Å². The number of aromatic nitrogens is 1. The summed E-state index contributed by atoms with van der Waals surface area (Å²) in [5, 5.41) is 17.2. The summed E-state index contributed by atoms with van der Waals surface area (Å²) in [4.78, 5) is 15.3. The van der Waals surface area contributed by atoms with E-state index >= 15 is 0 Å². The van der Waals surface area contributed by atoms with E-state index in [4.69, 9.17) is 10.9 Å². The predicted molar refractivity (Wildman–Crippen MR) is 67.1 cm³/mol. The molecule has 0 aromatic carbocycles. The third-order valence-corrected chi connectivity index (χ3v) is 2.22. The van der Waals surface area contributed by atoms with Crippen molar-refractivity contribution in [1.29, 1.82) is 0 Å². The Morgan fingerprint density at radius 1 is 1.61 bits per heavy atom. The first-order valence-corrected chi connectivity index (χ1v) is 5.58. The van der Waals surface area contributed by atoms with Crippen LogP contribution in [0.15, 0.2) is 23.5 Å². The molecule has 0 spiro atoms. The van der Waals surface area contributed by atoms with Crippen LogP contribution in [0.1, 0.15) is 18.2 Å². The van der Waals surface area contributed by atoms with E-state index in [9.17, 15) is 4.79 Å². The first kappa shape index (κ1) is 13.9. The number of carbonyl (C=O) groups is 1. The minimum absolute atomic E-state index is 0.0505. The van der Waals surface area contributed by atoms with Crippen LogP contribution in [0.4, 0.5) is 0 Å². The van der Waals surface area contributed by atoms with E-state index in [1.807, 2.05) is 6.92 Å². The molecule has 0 fully saturated rings. The van der Waals surface area contributed by atoms with Gasteiger partial charge in [-0.25, -0.2) is 0 Å². The van der Waals surface area contributed by atoms with Crippen LogP contribution in [0, 0.1) is 0 Å². The fraction of sp³-hybridized carbons (Fsp3) is 0.364. The van der Waals surface area contributed by atoms with Crippen LogP contribution >= 0.6 is 0 Å². The van der Waals surface area contributed by atoms with E-state index in [0.29, 0.717) is 18.8 Å². The van der Waals surface area contributed by atoms with Crippen LogP contribution in [0.3, 0.4) is 0 Å². The Morgan fingerprint density at radius 3 is 3.06 bits per heavy atom. The number of likely N-dealkylation sites (N-methyl/N-ethyl adjacent to an activating group) is 1. The highest BCUT2D eigenvalue weighted by atomic mass is 16.4. The number of amidine groups is 1. The highest BCUT2D eigenvalue weighted by Gasteiger charge is 2.08. The zero-order valence-electron chi connectivity index (χ0n) is 10.2. The van der Waals surface area contributed by atoms with Crippen molar-refractivity contribution in [3.8, 4) is 0 Å². The van der Waals surface area contributed by atoms with Gasteiger partial charge in [-0.1, -0.05) is 11.2 Å². The molecule has 0 aliphatic carbocycles. The highest BCUT2D eigenvalue weighted by molar-refractivity contribution is 5.96. The van der Waals surface area contributed by atoms with Crippen molar-refractivity contribution in [1.82, 2.24) is 15.6 Å². The fourth-order valence-electron chi connectivity index (χ4n) is 1.43. The third-order valence-electron chi connectivity index (χ3n) is 2.22. The average molecular weight is 251 g/mol. The van der Waals surface area contributed by atoms with Crippen LogP contribution in [0.25, 0.3) is 0 Å². The van der Waals surface area contributed by atoms with Crippen molar-refractivity contribution >= 4 is 11.7 Å². The highest BCUT2D eigenvalue weighted by Crippen LogP contribution is 2.04. The van der Waals surface area contributed by atoms with E-state index in [1.54, 1.807) is 18.3 Å². The zero-order valence-corrected chi connectivity index (χ0v) is 10.2. The Bertz CT molecular complexity index is 433. The Balaban J connectivity index is 2.60. The van der Waals surface area contributed by atoms with Crippen LogP contribution in [0.2, 0.25) is 0 Å². The number of rotatable bonds is 6. The van der Waals surface area contributed by atoms with Gasteiger partial charge >= 0.3 is 0 Å². The molecule has 0 saturated carbocycles. The van der Waals surface area contributed by atoms with Gasteiger partial charge in [-0.3, -0.25) is 9.78 Å². The minimum atomic E-state index is -0.0771. The maximum atomic E-state index is 11.2. The van der Waals surface area contributed by atoms with Gasteiger partial charge in [0.1, 0.15) is 5.69 Å². The van der Waals surface area contributed by atoms with Gasteiger partial charge in [-0.2, -0.15) is 0 Å². The molecular formula is C11H17N5O2. The first-order chi connectivity index (χ1) is 8.69. The number of carbonyl (C=O) groups excluding carboxylic acids is 1. The van der Waals surface area contributed by atoms with Crippen molar-refractivity contribution in [2.24, 2.45) is 10.9 Å². The topological polar surface area (TPSA) is 113 Å². The molecule has 0 saturated heterocycles. The second-order valence-electron chi connectivity index (χ2n) is 3.55. The molecule has 0 unspecified atom stereocenters. The van der Waals surface area contributed by atoms with Gasteiger partial charge in [-0.05, 0) is 18.6 Å². The summed E-state index contributed by atoms with van der Waals surface area (Å²) in [6, 6.07) is 3.54. The molecular weight excluding hydrogens is 234 g/mol. The van der Waals surface area contributed by atoms with Gasteiger partial charge in [0, 0.05) is 19.3 Å². The molecule has 1 aromatic heterocycles. The normalized spacial score (nSPS) is 11.3. The number of oxime groups is 1. The van der Waals surface area contributed by atoms with Crippen LogP contribution in [-0.2, 0) is 11.3 Å². The maximum Gasteiger partial charge on any atom is 0.233 e. The standard InChI is InChI=1S/C11H17N5O2/c1-2-14-9(17)7-13-6-8-4-3-5-15-10(8)11(12)16-18/h3-5,13,18H,2,6-7H2,1H3,(H2,12,16)(H,14,17). The second-order valence-corrected chi connectivity index (χ2v) is 3.55. The minimum Gasteiger partial charge on any atom is -0.409 e. The number of nitrogens with zero attached hydrogens (tertiary/aromatic N) is 2. The second kappa shape index (κ2) is 7.23. The quantitative estimate of drug-likeness (QED) is 0.233. The summed E-state index contributed by atoms with van der Waals surface area (Å²) < 4.78 is 0. The van der Waals surface area contributed by atoms with Crippen LogP contribution in [0.5, 0.6) is 0 Å². The molecule has 5 N–H and O–H groups in total. The summed E-state index contributed by atoms with van der Waals surface area (Å²) in [6.45, 7) is 3.08. The van der Waals surface area contributed by atoms with Gasteiger partial charge < -0.3 is 21.6 Å². The lowest BCUT2D eigenvalue weighted by Gasteiger charge is -2.08. The lowest BCUT2D eigenvalue weighted by Crippen LogP contribution is -2.33. The molecule has 7 nitrogen and oxygen atoms in total. The third kappa shape index (κ3) is 4.02. The van der Waals surface area contributed by atoms with Crippen LogP contribution in [-0.4, -0.2) is 35.0 Å². The van der Waals surface area contributed by atoms with Crippen molar-refractivity contribution in [2.75, 3.05) is 13.1 Å². The molecule has 1 amide bonds. The van der Waals surface area contributed by atoms with Crippen LogP contribution < -0.4 is 16.4 Å². The van der Waals surface area contributed by atoms with E-state index in [-0.39, 0.29) is 18.3 Å².